The Morgan fingerprint density at radius 1 is 1.38 bits per heavy atom. The van der Waals surface area contributed by atoms with Crippen LogP contribution in [-0.4, -0.2) is 5.91 Å². The van der Waals surface area contributed by atoms with E-state index in [0.29, 0.717) is 0 Å². The monoisotopic (exact) mass is 221 g/mol. The quantitative estimate of drug-likeness (QED) is 0.775. The van der Waals surface area contributed by atoms with E-state index in [1.54, 1.807) is 6.07 Å². The molecule has 1 N–H and O–H groups in total. The second kappa shape index (κ2) is 4.64. The summed E-state index contributed by atoms with van der Waals surface area (Å²) in [6, 6.07) is 4.50. The average molecular weight is 221 g/mol. The molecule has 0 radical (unpaired) electrons. The van der Waals surface area contributed by atoms with Gasteiger partial charge in [-0.25, -0.2) is 4.39 Å². The van der Waals surface area contributed by atoms with Crippen LogP contribution in [-0.2, 0) is 4.79 Å². The van der Waals surface area contributed by atoms with Gasteiger partial charge in [0.15, 0.2) is 0 Å². The maximum Gasteiger partial charge on any atom is 0.232 e. The molecule has 1 atom stereocenters. The molecule has 1 aliphatic rings. The molecular weight excluding hydrogens is 205 g/mol. The fourth-order valence-corrected chi connectivity index (χ4v) is 2.18. The first-order valence-corrected chi connectivity index (χ1v) is 5.82. The summed E-state index contributed by atoms with van der Waals surface area (Å²) < 4.78 is 13.1. The number of carbonyl (C=O) groups excluding carboxylic acids is 1. The van der Waals surface area contributed by atoms with Crippen molar-refractivity contribution in [3.8, 4) is 0 Å². The Kier molecular flexibility index (Phi) is 3.22. The molecule has 1 unspecified atom stereocenters. The Labute approximate surface area is 94.9 Å². The molecule has 2 rings (SSSR count). The highest BCUT2D eigenvalue weighted by Gasteiger charge is 2.29. The van der Waals surface area contributed by atoms with E-state index < -0.39 is 0 Å². The summed E-state index contributed by atoms with van der Waals surface area (Å²) in [6.45, 7) is 2.13. The zero-order valence-corrected chi connectivity index (χ0v) is 9.42. The van der Waals surface area contributed by atoms with Crippen LogP contribution in [0.25, 0.3) is 0 Å². The molecule has 86 valence electrons. The summed E-state index contributed by atoms with van der Waals surface area (Å²) in [4.78, 5) is 11.7. The van der Waals surface area contributed by atoms with E-state index in [1.807, 2.05) is 0 Å². The average Bonchev–Trinajstić information content (AvgIpc) is 2.56. The van der Waals surface area contributed by atoms with Crippen LogP contribution in [0.4, 0.5) is 10.1 Å². The minimum atomic E-state index is -0.268. The van der Waals surface area contributed by atoms with Crippen LogP contribution in [0.3, 0.4) is 0 Å². The van der Waals surface area contributed by atoms with Gasteiger partial charge in [0.25, 0.3) is 0 Å². The lowest BCUT2D eigenvalue weighted by Gasteiger charge is -2.07. The lowest BCUT2D eigenvalue weighted by atomic mass is 9.94. The van der Waals surface area contributed by atoms with E-state index in [0.717, 1.165) is 36.9 Å². The van der Waals surface area contributed by atoms with Crippen molar-refractivity contribution >= 4 is 11.6 Å². The predicted octanol–water partition coefficient (Wildman–Crippen LogP) is 3.44. The summed E-state index contributed by atoms with van der Waals surface area (Å²) in [7, 11) is 0. The van der Waals surface area contributed by atoms with Crippen molar-refractivity contribution in [2.45, 2.75) is 38.5 Å². The number of benzene rings is 1. The Morgan fingerprint density at radius 2 is 2.19 bits per heavy atom. The number of halogens is 1. The molecule has 1 aliphatic heterocycles. The minimum Gasteiger partial charge on any atom is -0.325 e. The standard InChI is InChI=1S/C13H16FNO/c1-2-3-4-5-10-11-8-9(14)6-7-12(11)15-13(10)16/h6-8,10H,2-5H2,1H3,(H,15,16). The Hall–Kier alpha value is -1.38. The minimum absolute atomic E-state index is 0.0108. The van der Waals surface area contributed by atoms with E-state index >= 15 is 0 Å². The SMILES string of the molecule is CCCCCC1C(=O)Nc2ccc(F)cc21. The first kappa shape index (κ1) is 11.1. The van der Waals surface area contributed by atoms with Crippen LogP contribution < -0.4 is 5.32 Å². The van der Waals surface area contributed by atoms with Crippen LogP contribution in [0, 0.1) is 5.82 Å². The molecule has 16 heavy (non-hydrogen) atoms. The van der Waals surface area contributed by atoms with Gasteiger partial charge in [0, 0.05) is 5.69 Å². The van der Waals surface area contributed by atoms with Gasteiger partial charge in [-0.3, -0.25) is 4.79 Å². The Bertz CT molecular complexity index is 403. The molecule has 0 saturated carbocycles. The molecule has 0 fully saturated rings. The molecular formula is C13H16FNO. The van der Waals surface area contributed by atoms with Gasteiger partial charge in [-0.15, -0.1) is 0 Å². The van der Waals surface area contributed by atoms with Gasteiger partial charge in [-0.2, -0.15) is 0 Å². The summed E-state index contributed by atoms with van der Waals surface area (Å²) in [5.74, 6) is -0.412. The summed E-state index contributed by atoms with van der Waals surface area (Å²) in [5.41, 5.74) is 1.59. The summed E-state index contributed by atoms with van der Waals surface area (Å²) in [5, 5.41) is 2.80. The molecule has 0 saturated heterocycles. The smallest absolute Gasteiger partial charge is 0.232 e. The van der Waals surface area contributed by atoms with Gasteiger partial charge < -0.3 is 5.32 Å². The second-order valence-corrected chi connectivity index (χ2v) is 4.27. The first-order chi connectivity index (χ1) is 7.72. The summed E-state index contributed by atoms with van der Waals surface area (Å²) in [6.07, 6.45) is 4.08. The van der Waals surface area contributed by atoms with E-state index in [9.17, 15) is 9.18 Å². The van der Waals surface area contributed by atoms with Crippen molar-refractivity contribution < 1.29 is 9.18 Å². The topological polar surface area (TPSA) is 29.1 Å². The van der Waals surface area contributed by atoms with E-state index in [4.69, 9.17) is 0 Å². The van der Waals surface area contributed by atoms with Crippen molar-refractivity contribution in [3.63, 3.8) is 0 Å². The highest BCUT2D eigenvalue weighted by Crippen LogP contribution is 2.36. The number of fused-ring (bicyclic) bond motifs is 1. The molecule has 2 nitrogen and oxygen atoms in total. The first-order valence-electron chi connectivity index (χ1n) is 5.82. The molecule has 1 aromatic rings. The van der Waals surface area contributed by atoms with Gasteiger partial charge in [0.2, 0.25) is 5.91 Å². The number of amides is 1. The van der Waals surface area contributed by atoms with Gasteiger partial charge >= 0.3 is 0 Å². The number of rotatable bonds is 4. The maximum atomic E-state index is 13.1. The fourth-order valence-electron chi connectivity index (χ4n) is 2.18. The molecule has 3 heteroatoms. The van der Waals surface area contributed by atoms with Crippen molar-refractivity contribution in [3.05, 3.63) is 29.6 Å². The number of unbranched alkanes of at least 4 members (excludes halogenated alkanes) is 2. The van der Waals surface area contributed by atoms with E-state index in [1.165, 1.54) is 12.1 Å². The molecule has 1 aromatic carbocycles. The number of carbonyl (C=O) groups is 1. The number of hydrogen-bond acceptors (Lipinski definition) is 1. The highest BCUT2D eigenvalue weighted by atomic mass is 19.1. The van der Waals surface area contributed by atoms with E-state index in [2.05, 4.69) is 12.2 Å². The Morgan fingerprint density at radius 3 is 2.94 bits per heavy atom. The third-order valence-corrected chi connectivity index (χ3v) is 3.06. The van der Waals surface area contributed by atoms with Crippen molar-refractivity contribution in [2.75, 3.05) is 5.32 Å². The van der Waals surface area contributed by atoms with E-state index in [-0.39, 0.29) is 17.6 Å². The normalized spacial score (nSPS) is 18.4. The Balaban J connectivity index is 2.15. The van der Waals surface area contributed by atoms with Crippen molar-refractivity contribution in [2.24, 2.45) is 0 Å². The molecule has 1 amide bonds. The zero-order chi connectivity index (χ0) is 11.5. The van der Waals surface area contributed by atoms with Gasteiger partial charge in [-0.05, 0) is 30.2 Å². The predicted molar refractivity (Wildman–Crippen MR) is 61.9 cm³/mol. The van der Waals surface area contributed by atoms with Gasteiger partial charge in [0.05, 0.1) is 5.92 Å². The van der Waals surface area contributed by atoms with Gasteiger partial charge in [0.1, 0.15) is 5.82 Å². The molecule has 0 bridgehead atoms. The maximum absolute atomic E-state index is 13.1. The van der Waals surface area contributed by atoms with Crippen molar-refractivity contribution in [1.29, 1.82) is 0 Å². The third kappa shape index (κ3) is 2.08. The number of nitrogens with one attached hydrogen (secondary N) is 1. The van der Waals surface area contributed by atoms with Crippen LogP contribution in [0.2, 0.25) is 0 Å². The van der Waals surface area contributed by atoms with Crippen LogP contribution in [0.5, 0.6) is 0 Å². The molecule has 0 aliphatic carbocycles. The summed E-state index contributed by atoms with van der Waals surface area (Å²) >= 11 is 0. The zero-order valence-electron chi connectivity index (χ0n) is 9.42. The third-order valence-electron chi connectivity index (χ3n) is 3.06. The molecule has 0 spiro atoms. The number of anilines is 1. The fraction of sp³-hybridized carbons (Fsp3) is 0.462. The lowest BCUT2D eigenvalue weighted by molar-refractivity contribution is -0.117. The highest BCUT2D eigenvalue weighted by molar-refractivity contribution is 6.02. The van der Waals surface area contributed by atoms with Crippen LogP contribution in [0.1, 0.15) is 44.1 Å². The number of hydrogen-bond donors (Lipinski definition) is 1. The molecule has 0 aromatic heterocycles. The van der Waals surface area contributed by atoms with Gasteiger partial charge in [-0.1, -0.05) is 26.2 Å². The van der Waals surface area contributed by atoms with Crippen LogP contribution in [0.15, 0.2) is 18.2 Å². The van der Waals surface area contributed by atoms with Crippen molar-refractivity contribution in [1.82, 2.24) is 0 Å². The molecule has 1 heterocycles. The largest absolute Gasteiger partial charge is 0.325 e. The second-order valence-electron chi connectivity index (χ2n) is 4.27. The van der Waals surface area contributed by atoms with Crippen LogP contribution >= 0.6 is 0 Å². The lowest BCUT2D eigenvalue weighted by Crippen LogP contribution is -2.11.